The molecule has 1 heterocycles. The van der Waals surface area contributed by atoms with Crippen LogP contribution in [0, 0.1) is 0 Å². The number of rotatable bonds is 4. The Morgan fingerprint density at radius 1 is 1.79 bits per heavy atom. The first kappa shape index (κ1) is 11.2. The molecule has 0 spiro atoms. The van der Waals surface area contributed by atoms with Crippen molar-refractivity contribution in [3.63, 3.8) is 0 Å². The lowest BCUT2D eigenvalue weighted by atomic mass is 10.3. The monoisotopic (exact) mass is 214 g/mol. The zero-order chi connectivity index (χ0) is 10.6. The molecule has 4 nitrogen and oxygen atoms in total. The summed E-state index contributed by atoms with van der Waals surface area (Å²) in [5.74, 6) is -0.332. The highest BCUT2D eigenvalue weighted by atomic mass is 32.1. The lowest BCUT2D eigenvalue weighted by Gasteiger charge is -2.18. The second kappa shape index (κ2) is 5.09. The fraction of sp³-hybridized carbons (Fsp3) is 0.444. The van der Waals surface area contributed by atoms with Gasteiger partial charge in [0.15, 0.2) is 0 Å². The first-order chi connectivity index (χ1) is 6.65. The van der Waals surface area contributed by atoms with Crippen molar-refractivity contribution in [2.75, 3.05) is 13.6 Å². The lowest BCUT2D eigenvalue weighted by Crippen LogP contribution is -2.39. The topological polar surface area (TPSA) is 66.6 Å². The van der Waals surface area contributed by atoms with E-state index in [1.165, 1.54) is 4.90 Å². The largest absolute Gasteiger partial charge is 0.382 e. The molecule has 0 saturated heterocycles. The number of nitrogens with zero attached hydrogens (tertiary/aromatic N) is 1. The molecule has 0 bridgehead atoms. The minimum atomic E-state index is -1.08. The van der Waals surface area contributed by atoms with E-state index in [4.69, 9.17) is 5.73 Å². The van der Waals surface area contributed by atoms with Gasteiger partial charge < -0.3 is 15.7 Å². The van der Waals surface area contributed by atoms with Crippen molar-refractivity contribution in [2.45, 2.75) is 12.6 Å². The smallest absolute Gasteiger partial charge is 0.252 e. The average Bonchev–Trinajstić information content (AvgIpc) is 2.68. The fourth-order valence-electron chi connectivity index (χ4n) is 1.07. The quantitative estimate of drug-likeness (QED) is 0.743. The molecule has 78 valence electrons. The van der Waals surface area contributed by atoms with Crippen LogP contribution in [-0.2, 0) is 11.3 Å². The molecule has 1 rings (SSSR count). The SMILES string of the molecule is CN(Cc1cccs1)C(=O)C(O)CN. The van der Waals surface area contributed by atoms with Crippen LogP contribution < -0.4 is 5.73 Å². The van der Waals surface area contributed by atoms with E-state index in [1.54, 1.807) is 18.4 Å². The van der Waals surface area contributed by atoms with Crippen LogP contribution in [0.3, 0.4) is 0 Å². The summed E-state index contributed by atoms with van der Waals surface area (Å²) in [6, 6.07) is 3.88. The highest BCUT2D eigenvalue weighted by Crippen LogP contribution is 2.11. The van der Waals surface area contributed by atoms with E-state index in [0.29, 0.717) is 6.54 Å². The second-order valence-corrected chi connectivity index (χ2v) is 4.06. The van der Waals surface area contributed by atoms with Gasteiger partial charge in [-0.2, -0.15) is 0 Å². The summed E-state index contributed by atoms with van der Waals surface area (Å²) in [4.78, 5) is 14.0. The first-order valence-electron chi connectivity index (χ1n) is 4.30. The summed E-state index contributed by atoms with van der Waals surface area (Å²) in [5.41, 5.74) is 5.19. The summed E-state index contributed by atoms with van der Waals surface area (Å²) in [5, 5.41) is 11.2. The van der Waals surface area contributed by atoms with Crippen LogP contribution in [0.15, 0.2) is 17.5 Å². The van der Waals surface area contributed by atoms with Crippen LogP contribution in [-0.4, -0.2) is 35.6 Å². The first-order valence-corrected chi connectivity index (χ1v) is 5.18. The molecule has 0 saturated carbocycles. The van der Waals surface area contributed by atoms with E-state index in [9.17, 15) is 9.90 Å². The third-order valence-corrected chi connectivity index (χ3v) is 2.72. The van der Waals surface area contributed by atoms with Gasteiger partial charge in [0.05, 0.1) is 6.54 Å². The van der Waals surface area contributed by atoms with Crippen molar-refractivity contribution >= 4 is 17.2 Å². The highest BCUT2D eigenvalue weighted by molar-refractivity contribution is 7.09. The second-order valence-electron chi connectivity index (χ2n) is 3.03. The molecule has 1 unspecified atom stereocenters. The summed E-state index contributed by atoms with van der Waals surface area (Å²) in [7, 11) is 1.65. The molecule has 0 aliphatic rings. The van der Waals surface area contributed by atoms with Gasteiger partial charge in [-0.1, -0.05) is 6.07 Å². The van der Waals surface area contributed by atoms with Crippen molar-refractivity contribution in [1.29, 1.82) is 0 Å². The molecule has 3 N–H and O–H groups in total. The van der Waals surface area contributed by atoms with Crippen molar-refractivity contribution < 1.29 is 9.90 Å². The molecule has 5 heteroatoms. The maximum absolute atomic E-state index is 11.4. The van der Waals surface area contributed by atoms with E-state index in [-0.39, 0.29) is 12.5 Å². The average molecular weight is 214 g/mol. The van der Waals surface area contributed by atoms with E-state index >= 15 is 0 Å². The Morgan fingerprint density at radius 2 is 2.50 bits per heavy atom. The number of thiophene rings is 1. The number of likely N-dealkylation sites (N-methyl/N-ethyl adjacent to an activating group) is 1. The summed E-state index contributed by atoms with van der Waals surface area (Å²) in [6.07, 6.45) is -1.08. The van der Waals surface area contributed by atoms with Crippen LogP contribution in [0.5, 0.6) is 0 Å². The predicted octanol–water partition coefficient (Wildman–Crippen LogP) is 0.0261. The third kappa shape index (κ3) is 2.80. The van der Waals surface area contributed by atoms with Crippen LogP contribution in [0.25, 0.3) is 0 Å². The van der Waals surface area contributed by atoms with Gasteiger partial charge in [-0.25, -0.2) is 0 Å². The Hall–Kier alpha value is -0.910. The van der Waals surface area contributed by atoms with Crippen LogP contribution >= 0.6 is 11.3 Å². The highest BCUT2D eigenvalue weighted by Gasteiger charge is 2.17. The number of hydrogen-bond acceptors (Lipinski definition) is 4. The molecule has 0 fully saturated rings. The van der Waals surface area contributed by atoms with Gasteiger partial charge >= 0.3 is 0 Å². The van der Waals surface area contributed by atoms with E-state index in [0.717, 1.165) is 4.88 Å². The lowest BCUT2D eigenvalue weighted by molar-refractivity contribution is -0.138. The minimum Gasteiger partial charge on any atom is -0.382 e. The van der Waals surface area contributed by atoms with E-state index in [1.807, 2.05) is 17.5 Å². The molecule has 1 amide bonds. The van der Waals surface area contributed by atoms with Crippen molar-refractivity contribution in [1.82, 2.24) is 4.90 Å². The van der Waals surface area contributed by atoms with E-state index < -0.39 is 6.10 Å². The molecule has 14 heavy (non-hydrogen) atoms. The van der Waals surface area contributed by atoms with Gasteiger partial charge in [0.2, 0.25) is 0 Å². The van der Waals surface area contributed by atoms with Crippen LogP contribution in [0.4, 0.5) is 0 Å². The minimum absolute atomic E-state index is 0.0341. The Labute approximate surface area is 87.0 Å². The Bertz CT molecular complexity index is 287. The number of aliphatic hydroxyl groups is 1. The van der Waals surface area contributed by atoms with E-state index in [2.05, 4.69) is 0 Å². The maximum atomic E-state index is 11.4. The Morgan fingerprint density at radius 3 is 3.00 bits per heavy atom. The van der Waals surface area contributed by atoms with Crippen molar-refractivity contribution in [3.05, 3.63) is 22.4 Å². The van der Waals surface area contributed by atoms with Crippen LogP contribution in [0.2, 0.25) is 0 Å². The molecule has 0 aliphatic carbocycles. The van der Waals surface area contributed by atoms with Gasteiger partial charge in [-0.3, -0.25) is 4.79 Å². The Kier molecular flexibility index (Phi) is 4.06. The number of carbonyl (C=O) groups excluding carboxylic acids is 1. The van der Waals surface area contributed by atoms with Crippen LogP contribution in [0.1, 0.15) is 4.88 Å². The fourth-order valence-corrected chi connectivity index (χ4v) is 1.83. The molecule has 0 aromatic carbocycles. The normalized spacial score (nSPS) is 12.5. The Balaban J connectivity index is 2.50. The number of aliphatic hydroxyl groups excluding tert-OH is 1. The number of nitrogens with two attached hydrogens (primary N) is 1. The molecule has 0 aliphatic heterocycles. The number of hydrogen-bond donors (Lipinski definition) is 2. The third-order valence-electron chi connectivity index (χ3n) is 1.86. The molecule has 1 aromatic heterocycles. The summed E-state index contributed by atoms with van der Waals surface area (Å²) >= 11 is 1.58. The molecule has 0 radical (unpaired) electrons. The standard InChI is InChI=1S/C9H14N2O2S/c1-11(9(13)8(12)5-10)6-7-3-2-4-14-7/h2-4,8,12H,5-6,10H2,1H3. The molecule has 1 aromatic rings. The zero-order valence-electron chi connectivity index (χ0n) is 8.01. The zero-order valence-corrected chi connectivity index (χ0v) is 8.83. The van der Waals surface area contributed by atoms with Gasteiger partial charge in [0.25, 0.3) is 5.91 Å². The van der Waals surface area contributed by atoms with Crippen molar-refractivity contribution in [3.8, 4) is 0 Å². The van der Waals surface area contributed by atoms with Gasteiger partial charge in [0.1, 0.15) is 6.10 Å². The van der Waals surface area contributed by atoms with Gasteiger partial charge in [-0.15, -0.1) is 11.3 Å². The van der Waals surface area contributed by atoms with Crippen molar-refractivity contribution in [2.24, 2.45) is 5.73 Å². The summed E-state index contributed by atoms with van der Waals surface area (Å²) in [6.45, 7) is 0.487. The number of carbonyl (C=O) groups is 1. The molecule has 1 atom stereocenters. The van der Waals surface area contributed by atoms with Gasteiger partial charge in [-0.05, 0) is 11.4 Å². The van der Waals surface area contributed by atoms with Gasteiger partial charge in [0, 0.05) is 18.5 Å². The molecular formula is C9H14N2O2S. The molecular weight excluding hydrogens is 200 g/mol. The maximum Gasteiger partial charge on any atom is 0.252 e. The number of amides is 1. The predicted molar refractivity (Wildman–Crippen MR) is 55.9 cm³/mol. The summed E-state index contributed by atoms with van der Waals surface area (Å²) < 4.78 is 0.